The predicted molar refractivity (Wildman–Crippen MR) is 116 cm³/mol. The molecule has 0 saturated carbocycles. The number of amides is 1. The predicted octanol–water partition coefficient (Wildman–Crippen LogP) is 2.26. The van der Waals surface area contributed by atoms with Crippen molar-refractivity contribution >= 4 is 50.2 Å². The number of non-ortho nitro benzene ring substituents is 1. The number of ether oxygens (including phenoxy) is 1. The Bertz CT molecular complexity index is 1220. The molecular formula is C19H16BrN5O4S. The topological polar surface area (TPSA) is 109 Å². The molecule has 0 aliphatic carbocycles. The molecule has 0 saturated heterocycles. The van der Waals surface area contributed by atoms with Crippen molar-refractivity contribution in [3.8, 4) is 5.75 Å². The normalized spacial score (nSPS) is 17.4. The molecule has 9 nitrogen and oxygen atoms in total. The molecule has 1 N–H and O–H groups in total. The number of thioether (sulfide) groups is 1. The maximum absolute atomic E-state index is 13.0. The summed E-state index contributed by atoms with van der Waals surface area (Å²) in [4.78, 5) is 28.6. The molecule has 0 bridgehead atoms. The number of benzene rings is 2. The van der Waals surface area contributed by atoms with Gasteiger partial charge in [-0.3, -0.25) is 25.2 Å². The summed E-state index contributed by atoms with van der Waals surface area (Å²) >= 11 is 4.71. The van der Waals surface area contributed by atoms with E-state index in [1.54, 1.807) is 24.5 Å². The molecule has 0 fully saturated rings. The molecule has 4 rings (SSSR count). The molecule has 2 aromatic carbocycles. The molecule has 0 radical (unpaired) electrons. The van der Waals surface area contributed by atoms with Gasteiger partial charge in [0.25, 0.3) is 11.6 Å². The van der Waals surface area contributed by atoms with Crippen LogP contribution >= 0.6 is 27.7 Å². The Kier molecular flexibility index (Phi) is 5.48. The molecule has 154 valence electrons. The van der Waals surface area contributed by atoms with Gasteiger partial charge in [0.05, 0.1) is 16.9 Å². The fourth-order valence-corrected chi connectivity index (χ4v) is 4.01. The lowest BCUT2D eigenvalue weighted by Gasteiger charge is -2.34. The Morgan fingerprint density at radius 3 is 2.83 bits per heavy atom. The summed E-state index contributed by atoms with van der Waals surface area (Å²) in [5.41, 5.74) is 0.677. The van der Waals surface area contributed by atoms with Crippen LogP contribution in [0.4, 0.5) is 5.69 Å². The van der Waals surface area contributed by atoms with Gasteiger partial charge in [0.1, 0.15) is 11.4 Å². The lowest BCUT2D eigenvalue weighted by Crippen LogP contribution is -2.50. The highest BCUT2D eigenvalue weighted by Crippen LogP contribution is 2.37. The van der Waals surface area contributed by atoms with Crippen LogP contribution in [0.25, 0.3) is 5.70 Å². The first-order valence-corrected chi connectivity index (χ1v) is 11.0. The third kappa shape index (κ3) is 3.54. The largest absolute Gasteiger partial charge is 0.493 e. The Labute approximate surface area is 183 Å². The lowest BCUT2D eigenvalue weighted by molar-refractivity contribution is -0.385. The molecule has 0 aromatic heterocycles. The number of nitrogens with zero attached hydrogens (tertiary/aromatic N) is 4. The first kappa shape index (κ1) is 20.4. The van der Waals surface area contributed by atoms with Crippen LogP contribution in [0.1, 0.15) is 18.7 Å². The van der Waals surface area contributed by atoms with E-state index in [1.165, 1.54) is 28.9 Å². The van der Waals surface area contributed by atoms with Crippen LogP contribution in [0.3, 0.4) is 0 Å². The summed E-state index contributed by atoms with van der Waals surface area (Å²) in [7, 11) is 0. The Balaban J connectivity index is 2.01. The van der Waals surface area contributed by atoms with E-state index < -0.39 is 11.1 Å². The van der Waals surface area contributed by atoms with E-state index in [0.29, 0.717) is 39.4 Å². The standard InChI is InChI=1S/C19H16BrN5O4S/c1-3-29-15-7-5-11(25(27)28)9-13(15)17-21-14-6-4-10(20)8-12(14)16-18(26)22-19(30-2)23-24(16)17/h4-9,17H,3H2,1-2H3,(H,22,23,26)/t17-/m0/s1. The van der Waals surface area contributed by atoms with E-state index in [1.807, 2.05) is 13.0 Å². The molecule has 2 aromatic rings. The Hall–Kier alpha value is -2.92. The van der Waals surface area contributed by atoms with Gasteiger partial charge in [-0.2, -0.15) is 0 Å². The third-order valence-electron chi connectivity index (χ3n) is 4.55. The van der Waals surface area contributed by atoms with E-state index >= 15 is 0 Å². The Morgan fingerprint density at radius 2 is 2.13 bits per heavy atom. The van der Waals surface area contributed by atoms with Gasteiger partial charge in [-0.1, -0.05) is 27.7 Å². The van der Waals surface area contributed by atoms with Crippen LogP contribution in [0.2, 0.25) is 0 Å². The van der Waals surface area contributed by atoms with E-state index in [-0.39, 0.29) is 11.6 Å². The van der Waals surface area contributed by atoms with Crippen LogP contribution in [-0.4, -0.2) is 33.9 Å². The Morgan fingerprint density at radius 1 is 1.33 bits per heavy atom. The van der Waals surface area contributed by atoms with Gasteiger partial charge in [0.2, 0.25) is 0 Å². The molecule has 30 heavy (non-hydrogen) atoms. The second kappa shape index (κ2) is 8.07. The second-order valence-corrected chi connectivity index (χ2v) is 8.04. The highest BCUT2D eigenvalue weighted by Gasteiger charge is 2.36. The number of nitro groups is 1. The molecular weight excluding hydrogens is 474 g/mol. The first-order chi connectivity index (χ1) is 14.4. The number of hydrazone groups is 1. The number of halogens is 1. The molecule has 2 aliphatic rings. The summed E-state index contributed by atoms with van der Waals surface area (Å²) < 4.78 is 6.50. The van der Waals surface area contributed by atoms with Crippen LogP contribution in [0, 0.1) is 10.1 Å². The third-order valence-corrected chi connectivity index (χ3v) is 5.61. The number of fused-ring (bicyclic) bond motifs is 2. The van der Waals surface area contributed by atoms with Gasteiger partial charge in [0, 0.05) is 27.4 Å². The van der Waals surface area contributed by atoms with Crippen molar-refractivity contribution in [1.29, 1.82) is 0 Å². The number of carbonyl (C=O) groups is 1. The SMILES string of the molecule is CCOc1ccc([N+](=O)[O-])cc1[C@H]1N=c2ccc(Br)cc2=C2C(=O)NC(SC)=NN21. The molecule has 0 spiro atoms. The lowest BCUT2D eigenvalue weighted by atomic mass is 10.1. The van der Waals surface area contributed by atoms with Gasteiger partial charge < -0.3 is 4.74 Å². The number of rotatable bonds is 4. The summed E-state index contributed by atoms with van der Waals surface area (Å²) in [5, 5.41) is 21.8. The van der Waals surface area contributed by atoms with Gasteiger partial charge in [-0.05, 0) is 37.4 Å². The van der Waals surface area contributed by atoms with Gasteiger partial charge in [-0.15, -0.1) is 5.10 Å². The number of carbonyl (C=O) groups excluding carboxylic acids is 1. The van der Waals surface area contributed by atoms with E-state index in [0.717, 1.165) is 4.47 Å². The van der Waals surface area contributed by atoms with E-state index in [4.69, 9.17) is 9.73 Å². The van der Waals surface area contributed by atoms with Crippen molar-refractivity contribution in [1.82, 2.24) is 10.3 Å². The smallest absolute Gasteiger partial charge is 0.276 e. The van der Waals surface area contributed by atoms with Crippen LogP contribution < -0.4 is 20.6 Å². The minimum absolute atomic E-state index is 0.0951. The average Bonchev–Trinajstić information content (AvgIpc) is 2.73. The number of amidine groups is 1. The zero-order valence-electron chi connectivity index (χ0n) is 16.0. The highest BCUT2D eigenvalue weighted by atomic mass is 79.9. The van der Waals surface area contributed by atoms with Gasteiger partial charge in [-0.25, -0.2) is 5.01 Å². The number of hydrogen-bond acceptors (Lipinski definition) is 8. The monoisotopic (exact) mass is 489 g/mol. The van der Waals surface area contributed by atoms with E-state index in [2.05, 4.69) is 26.3 Å². The van der Waals surface area contributed by atoms with Crippen molar-refractivity contribution < 1.29 is 14.5 Å². The first-order valence-electron chi connectivity index (χ1n) is 8.95. The number of nitro benzene ring substituents is 1. The van der Waals surface area contributed by atoms with Crippen molar-refractivity contribution in [2.24, 2.45) is 10.1 Å². The zero-order chi connectivity index (χ0) is 21.4. The second-order valence-electron chi connectivity index (χ2n) is 6.33. The molecule has 2 aliphatic heterocycles. The zero-order valence-corrected chi connectivity index (χ0v) is 18.4. The van der Waals surface area contributed by atoms with Crippen LogP contribution in [-0.2, 0) is 4.79 Å². The molecule has 0 unspecified atom stereocenters. The fraction of sp³-hybridized carbons (Fsp3) is 0.211. The van der Waals surface area contributed by atoms with Crippen molar-refractivity contribution in [2.75, 3.05) is 12.9 Å². The highest BCUT2D eigenvalue weighted by molar-refractivity contribution is 9.10. The maximum atomic E-state index is 13.0. The summed E-state index contributed by atoms with van der Waals surface area (Å²) in [6.45, 7) is 2.20. The summed E-state index contributed by atoms with van der Waals surface area (Å²) in [6.07, 6.45) is 0.993. The van der Waals surface area contributed by atoms with Gasteiger partial charge in [0.15, 0.2) is 11.3 Å². The average molecular weight is 490 g/mol. The molecule has 1 atom stereocenters. The summed E-state index contributed by atoms with van der Waals surface area (Å²) in [5.74, 6) is 0.126. The number of hydrogen-bond donors (Lipinski definition) is 1. The fourth-order valence-electron chi connectivity index (χ4n) is 3.28. The maximum Gasteiger partial charge on any atom is 0.276 e. The van der Waals surface area contributed by atoms with Crippen molar-refractivity contribution in [3.05, 3.63) is 67.1 Å². The van der Waals surface area contributed by atoms with Crippen molar-refractivity contribution in [2.45, 2.75) is 13.1 Å². The molecule has 1 amide bonds. The van der Waals surface area contributed by atoms with Gasteiger partial charge >= 0.3 is 0 Å². The van der Waals surface area contributed by atoms with Crippen molar-refractivity contribution in [3.63, 3.8) is 0 Å². The quantitative estimate of drug-likeness (QED) is 0.520. The van der Waals surface area contributed by atoms with Crippen LogP contribution in [0.5, 0.6) is 5.75 Å². The van der Waals surface area contributed by atoms with Crippen LogP contribution in [0.15, 0.2) is 51.0 Å². The summed E-state index contributed by atoms with van der Waals surface area (Å²) in [6, 6.07) is 9.76. The number of nitrogens with one attached hydrogen (secondary N) is 1. The minimum Gasteiger partial charge on any atom is -0.493 e. The molecule has 11 heteroatoms. The van der Waals surface area contributed by atoms with E-state index in [9.17, 15) is 14.9 Å². The molecule has 2 heterocycles. The minimum atomic E-state index is -0.802.